The molecule has 3 nitrogen and oxygen atoms in total. The summed E-state index contributed by atoms with van der Waals surface area (Å²) in [4.78, 5) is 9.34. The number of aryl methyl sites for hydroxylation is 1. The molecule has 102 valence electrons. The predicted octanol–water partition coefficient (Wildman–Crippen LogP) is 3.91. The Morgan fingerprint density at radius 1 is 1.11 bits per heavy atom. The molecule has 1 aromatic rings. The molecule has 0 spiro atoms. The van der Waals surface area contributed by atoms with Crippen LogP contribution in [0.3, 0.4) is 0 Å². The summed E-state index contributed by atoms with van der Waals surface area (Å²) in [6.07, 6.45) is 3.13. The first-order chi connectivity index (χ1) is 8.43. The molecule has 1 rings (SSSR count). The van der Waals surface area contributed by atoms with Gasteiger partial charge in [-0.3, -0.25) is 0 Å². The van der Waals surface area contributed by atoms with Crippen LogP contribution in [0, 0.1) is 15.4 Å². The minimum Gasteiger partial charge on any atom is -0.372 e. The highest BCUT2D eigenvalue weighted by atomic mass is 127. The second-order valence-electron chi connectivity index (χ2n) is 5.53. The molecule has 0 atom stereocenters. The first-order valence-electron chi connectivity index (χ1n) is 6.67. The average Bonchev–Trinajstić information content (AvgIpc) is 2.29. The fraction of sp³-hybridized carbons (Fsp3) is 0.714. The van der Waals surface area contributed by atoms with E-state index >= 15 is 0 Å². The number of aromatic nitrogens is 2. The van der Waals surface area contributed by atoms with E-state index in [0.29, 0.717) is 11.8 Å². The van der Waals surface area contributed by atoms with Crippen LogP contribution in [-0.2, 0) is 12.8 Å². The second-order valence-corrected chi connectivity index (χ2v) is 6.61. The molecule has 0 radical (unpaired) electrons. The van der Waals surface area contributed by atoms with E-state index in [1.807, 2.05) is 7.05 Å². The van der Waals surface area contributed by atoms with E-state index < -0.39 is 0 Å². The van der Waals surface area contributed by atoms with Crippen LogP contribution < -0.4 is 5.32 Å². The van der Waals surface area contributed by atoms with E-state index in [0.717, 1.165) is 34.5 Å². The van der Waals surface area contributed by atoms with Crippen LogP contribution in [0.15, 0.2) is 0 Å². The van der Waals surface area contributed by atoms with Gasteiger partial charge in [-0.25, -0.2) is 9.97 Å². The van der Waals surface area contributed by atoms with Gasteiger partial charge in [0.05, 0.1) is 9.26 Å². The molecule has 1 N–H and O–H groups in total. The lowest BCUT2D eigenvalue weighted by Crippen LogP contribution is -2.10. The van der Waals surface area contributed by atoms with Crippen molar-refractivity contribution in [1.82, 2.24) is 9.97 Å². The fourth-order valence-corrected chi connectivity index (χ4v) is 2.49. The van der Waals surface area contributed by atoms with Crippen molar-refractivity contribution in [3.63, 3.8) is 0 Å². The van der Waals surface area contributed by atoms with Crippen molar-refractivity contribution in [2.75, 3.05) is 12.4 Å². The summed E-state index contributed by atoms with van der Waals surface area (Å²) >= 11 is 2.35. The van der Waals surface area contributed by atoms with Crippen LogP contribution in [-0.4, -0.2) is 17.0 Å². The highest BCUT2D eigenvalue weighted by Gasteiger charge is 2.12. The number of hydrogen-bond donors (Lipinski definition) is 1. The summed E-state index contributed by atoms with van der Waals surface area (Å²) in [6.45, 7) is 8.93. The molecule has 1 aromatic heterocycles. The van der Waals surface area contributed by atoms with Crippen LogP contribution in [0.25, 0.3) is 0 Å². The fourth-order valence-electron chi connectivity index (χ4n) is 1.76. The summed E-state index contributed by atoms with van der Waals surface area (Å²) in [5, 5.41) is 3.18. The van der Waals surface area contributed by atoms with Crippen LogP contribution >= 0.6 is 22.6 Å². The monoisotopic (exact) mass is 361 g/mol. The third kappa shape index (κ3) is 4.71. The van der Waals surface area contributed by atoms with Gasteiger partial charge in [0.1, 0.15) is 11.6 Å². The number of hydrogen-bond acceptors (Lipinski definition) is 3. The van der Waals surface area contributed by atoms with Crippen molar-refractivity contribution >= 4 is 28.4 Å². The summed E-state index contributed by atoms with van der Waals surface area (Å²) in [5.41, 5.74) is 1.18. The summed E-state index contributed by atoms with van der Waals surface area (Å²) in [5.74, 6) is 3.26. The minimum absolute atomic E-state index is 0.621. The molecule has 0 unspecified atom stereocenters. The first-order valence-corrected chi connectivity index (χ1v) is 7.75. The lowest BCUT2D eigenvalue weighted by Gasteiger charge is -2.13. The molecule has 18 heavy (non-hydrogen) atoms. The summed E-state index contributed by atoms with van der Waals surface area (Å²) < 4.78 is 1.16. The molecular formula is C14H24IN3. The Morgan fingerprint density at radius 3 is 2.28 bits per heavy atom. The van der Waals surface area contributed by atoms with Gasteiger partial charge in [0.2, 0.25) is 0 Å². The van der Waals surface area contributed by atoms with E-state index in [1.54, 1.807) is 0 Å². The Morgan fingerprint density at radius 2 is 1.78 bits per heavy atom. The minimum atomic E-state index is 0.621. The average molecular weight is 361 g/mol. The smallest absolute Gasteiger partial charge is 0.143 e. The molecule has 0 aromatic carbocycles. The van der Waals surface area contributed by atoms with Gasteiger partial charge in [-0.2, -0.15) is 0 Å². The van der Waals surface area contributed by atoms with Crippen LogP contribution in [0.1, 0.15) is 45.6 Å². The Bertz CT molecular complexity index is 389. The predicted molar refractivity (Wildman–Crippen MR) is 86.0 cm³/mol. The first kappa shape index (κ1) is 15.7. The van der Waals surface area contributed by atoms with Gasteiger partial charge in [0.15, 0.2) is 0 Å². The number of nitrogens with zero attached hydrogens (tertiary/aromatic N) is 2. The van der Waals surface area contributed by atoms with Gasteiger partial charge in [0.25, 0.3) is 0 Å². The Kier molecular flexibility index (Phi) is 6.32. The Labute approximate surface area is 124 Å². The molecule has 4 heteroatoms. The Hall–Kier alpha value is -0.390. The van der Waals surface area contributed by atoms with Crippen LogP contribution in [0.4, 0.5) is 5.82 Å². The van der Waals surface area contributed by atoms with Gasteiger partial charge in [-0.05, 0) is 47.3 Å². The number of nitrogens with one attached hydrogen (secondary N) is 1. The van der Waals surface area contributed by atoms with E-state index in [4.69, 9.17) is 4.98 Å². The quantitative estimate of drug-likeness (QED) is 0.781. The van der Waals surface area contributed by atoms with Crippen LogP contribution in [0.5, 0.6) is 0 Å². The molecular weight excluding hydrogens is 337 g/mol. The van der Waals surface area contributed by atoms with Crippen molar-refractivity contribution in [3.8, 4) is 0 Å². The van der Waals surface area contributed by atoms with Gasteiger partial charge < -0.3 is 5.32 Å². The Balaban J connectivity index is 2.97. The SMILES string of the molecule is CNc1nc(CCC(C)C)nc(CC(C)C)c1I. The maximum atomic E-state index is 4.73. The molecule has 0 bridgehead atoms. The lowest BCUT2D eigenvalue weighted by atomic mass is 10.1. The van der Waals surface area contributed by atoms with Gasteiger partial charge in [-0.15, -0.1) is 0 Å². The van der Waals surface area contributed by atoms with Crippen LogP contribution in [0.2, 0.25) is 0 Å². The topological polar surface area (TPSA) is 37.8 Å². The van der Waals surface area contributed by atoms with E-state index in [2.05, 4.69) is 60.6 Å². The molecule has 0 saturated heterocycles. The van der Waals surface area contributed by atoms with Crippen molar-refractivity contribution in [1.29, 1.82) is 0 Å². The molecule has 0 aliphatic carbocycles. The molecule has 0 aliphatic heterocycles. The zero-order valence-corrected chi connectivity index (χ0v) is 14.2. The third-order valence-corrected chi connectivity index (χ3v) is 3.88. The summed E-state index contributed by atoms with van der Waals surface area (Å²) in [7, 11) is 1.93. The molecule has 0 fully saturated rings. The van der Waals surface area contributed by atoms with E-state index in [-0.39, 0.29) is 0 Å². The van der Waals surface area contributed by atoms with E-state index in [9.17, 15) is 0 Å². The standard InChI is InChI=1S/C14H24IN3/c1-9(2)6-7-12-17-11(8-10(3)4)13(15)14(16-5)18-12/h9-10H,6-8H2,1-5H3,(H,16,17,18). The normalized spacial score (nSPS) is 11.3. The number of anilines is 1. The highest BCUT2D eigenvalue weighted by Crippen LogP contribution is 2.22. The zero-order chi connectivity index (χ0) is 13.7. The zero-order valence-electron chi connectivity index (χ0n) is 12.0. The molecule has 0 saturated carbocycles. The van der Waals surface area contributed by atoms with Crippen molar-refractivity contribution in [2.24, 2.45) is 11.8 Å². The number of rotatable bonds is 6. The van der Waals surface area contributed by atoms with Gasteiger partial charge in [0, 0.05) is 13.5 Å². The third-order valence-electron chi connectivity index (χ3n) is 2.75. The summed E-state index contributed by atoms with van der Waals surface area (Å²) in [6, 6.07) is 0. The highest BCUT2D eigenvalue weighted by molar-refractivity contribution is 14.1. The van der Waals surface area contributed by atoms with Crippen molar-refractivity contribution in [2.45, 2.75) is 47.0 Å². The molecule has 0 amide bonds. The largest absolute Gasteiger partial charge is 0.372 e. The van der Waals surface area contributed by atoms with Gasteiger partial charge in [-0.1, -0.05) is 27.7 Å². The lowest BCUT2D eigenvalue weighted by molar-refractivity contribution is 0.569. The number of halogens is 1. The molecule has 1 heterocycles. The van der Waals surface area contributed by atoms with Crippen molar-refractivity contribution in [3.05, 3.63) is 15.1 Å². The van der Waals surface area contributed by atoms with Gasteiger partial charge >= 0.3 is 0 Å². The second kappa shape index (κ2) is 7.26. The maximum absolute atomic E-state index is 4.73. The van der Waals surface area contributed by atoms with Crippen molar-refractivity contribution < 1.29 is 0 Å². The maximum Gasteiger partial charge on any atom is 0.143 e. The molecule has 0 aliphatic rings. The van der Waals surface area contributed by atoms with E-state index in [1.165, 1.54) is 5.69 Å².